The number of carbonyl (C=O) groups excluding carboxylic acids is 1. The molecule has 1 aromatic heterocycles. The number of nitrogens with zero attached hydrogens (tertiary/aromatic N) is 1. The lowest BCUT2D eigenvalue weighted by atomic mass is 10.1. The van der Waals surface area contributed by atoms with E-state index in [2.05, 4.69) is 23.1 Å². The first kappa shape index (κ1) is 12.0. The second kappa shape index (κ2) is 5.31. The third-order valence-corrected chi connectivity index (χ3v) is 3.61. The highest BCUT2D eigenvalue weighted by molar-refractivity contribution is 5.78. The monoisotopic (exact) mass is 255 g/mol. The molecule has 1 aliphatic rings. The van der Waals surface area contributed by atoms with Gasteiger partial charge in [0, 0.05) is 24.3 Å². The number of carbonyl (C=O) groups is 1. The van der Waals surface area contributed by atoms with Gasteiger partial charge in [-0.2, -0.15) is 0 Å². The van der Waals surface area contributed by atoms with E-state index < -0.39 is 0 Å². The Kier molecular flexibility index (Phi) is 3.36. The first-order chi connectivity index (χ1) is 9.38. The zero-order valence-corrected chi connectivity index (χ0v) is 10.8. The summed E-state index contributed by atoms with van der Waals surface area (Å²) in [5.74, 6) is 1.15. The van der Waals surface area contributed by atoms with Crippen LogP contribution in [0.15, 0.2) is 40.8 Å². The van der Waals surface area contributed by atoms with Crippen molar-refractivity contribution in [3.63, 3.8) is 0 Å². The molecular formula is C16H17NO2. The van der Waals surface area contributed by atoms with Gasteiger partial charge >= 0.3 is 0 Å². The molecule has 3 nitrogen and oxygen atoms in total. The summed E-state index contributed by atoms with van der Waals surface area (Å²) in [5, 5.41) is 0. The fourth-order valence-electron chi connectivity index (χ4n) is 2.65. The third-order valence-electron chi connectivity index (χ3n) is 3.61. The summed E-state index contributed by atoms with van der Waals surface area (Å²) in [6.07, 6.45) is 4.54. The van der Waals surface area contributed by atoms with Crippen molar-refractivity contribution < 1.29 is 9.21 Å². The van der Waals surface area contributed by atoms with Gasteiger partial charge in [-0.25, -0.2) is 0 Å². The molecule has 0 aliphatic carbocycles. The van der Waals surface area contributed by atoms with Crippen molar-refractivity contribution >= 4 is 12.0 Å². The predicted octanol–water partition coefficient (Wildman–Crippen LogP) is 3.75. The van der Waals surface area contributed by atoms with Crippen molar-refractivity contribution in [3.8, 4) is 11.3 Å². The molecule has 2 aromatic rings. The minimum Gasteiger partial charge on any atom is -0.453 e. The normalized spacial score (nSPS) is 15.5. The molecule has 0 radical (unpaired) electrons. The largest absolute Gasteiger partial charge is 0.453 e. The number of hydrogen-bond donors (Lipinski definition) is 0. The van der Waals surface area contributed by atoms with E-state index in [1.807, 2.05) is 12.1 Å². The molecule has 0 bridgehead atoms. The molecule has 0 atom stereocenters. The van der Waals surface area contributed by atoms with E-state index in [9.17, 15) is 4.79 Å². The van der Waals surface area contributed by atoms with E-state index in [1.165, 1.54) is 24.9 Å². The van der Waals surface area contributed by atoms with Crippen LogP contribution in [0, 0.1) is 0 Å². The topological polar surface area (TPSA) is 33.5 Å². The number of para-hydroxylation sites is 1. The van der Waals surface area contributed by atoms with Crippen LogP contribution in [-0.4, -0.2) is 19.4 Å². The highest BCUT2D eigenvalue weighted by Crippen LogP contribution is 2.33. The second-order valence-corrected chi connectivity index (χ2v) is 4.88. The van der Waals surface area contributed by atoms with Gasteiger partial charge in [0.2, 0.25) is 0 Å². The third kappa shape index (κ3) is 2.41. The van der Waals surface area contributed by atoms with Crippen LogP contribution < -0.4 is 4.90 Å². The van der Waals surface area contributed by atoms with Crippen LogP contribution in [0.25, 0.3) is 11.3 Å². The molecule has 0 N–H and O–H groups in total. The van der Waals surface area contributed by atoms with Crippen LogP contribution >= 0.6 is 0 Å². The van der Waals surface area contributed by atoms with E-state index in [4.69, 9.17) is 4.42 Å². The SMILES string of the molecule is O=Cc1ccc(-c2ccccc2N2CCCCC2)o1. The first-order valence-corrected chi connectivity index (χ1v) is 6.78. The number of rotatable bonds is 3. The maximum atomic E-state index is 10.7. The van der Waals surface area contributed by atoms with Crippen LogP contribution in [0.3, 0.4) is 0 Å². The van der Waals surface area contributed by atoms with Gasteiger partial charge in [0.05, 0.1) is 0 Å². The molecule has 3 rings (SSSR count). The predicted molar refractivity (Wildman–Crippen MR) is 75.6 cm³/mol. The molecule has 1 saturated heterocycles. The van der Waals surface area contributed by atoms with Crippen LogP contribution in [-0.2, 0) is 0 Å². The van der Waals surface area contributed by atoms with Crippen molar-refractivity contribution in [2.45, 2.75) is 19.3 Å². The lowest BCUT2D eigenvalue weighted by molar-refractivity contribution is 0.110. The number of furan rings is 1. The fourth-order valence-corrected chi connectivity index (χ4v) is 2.65. The zero-order valence-electron chi connectivity index (χ0n) is 10.8. The Balaban J connectivity index is 1.98. The Hall–Kier alpha value is -2.03. The summed E-state index contributed by atoms with van der Waals surface area (Å²) in [4.78, 5) is 13.1. The van der Waals surface area contributed by atoms with Gasteiger partial charge in [-0.05, 0) is 43.5 Å². The highest BCUT2D eigenvalue weighted by atomic mass is 16.3. The maximum Gasteiger partial charge on any atom is 0.185 e. The van der Waals surface area contributed by atoms with Crippen LogP contribution in [0.1, 0.15) is 29.8 Å². The van der Waals surface area contributed by atoms with Crippen molar-refractivity contribution in [1.29, 1.82) is 0 Å². The summed E-state index contributed by atoms with van der Waals surface area (Å²) < 4.78 is 5.56. The fraction of sp³-hybridized carbons (Fsp3) is 0.312. The minimum absolute atomic E-state index is 0.378. The Labute approximate surface area is 112 Å². The average Bonchev–Trinajstić information content (AvgIpc) is 2.97. The highest BCUT2D eigenvalue weighted by Gasteiger charge is 2.16. The van der Waals surface area contributed by atoms with E-state index >= 15 is 0 Å². The average molecular weight is 255 g/mol. The Morgan fingerprint density at radius 3 is 2.53 bits per heavy atom. The molecule has 2 heterocycles. The number of aldehydes is 1. The lowest BCUT2D eigenvalue weighted by Crippen LogP contribution is -2.29. The van der Waals surface area contributed by atoms with Gasteiger partial charge in [-0.1, -0.05) is 12.1 Å². The summed E-state index contributed by atoms with van der Waals surface area (Å²) in [7, 11) is 0. The summed E-state index contributed by atoms with van der Waals surface area (Å²) in [5.41, 5.74) is 2.27. The standard InChI is InChI=1S/C16H17NO2/c18-12-13-8-9-16(19-13)14-6-2-3-7-15(14)17-10-4-1-5-11-17/h2-3,6-9,12H,1,4-5,10-11H2. The molecule has 1 aliphatic heterocycles. The van der Waals surface area contributed by atoms with E-state index in [0.29, 0.717) is 5.76 Å². The molecule has 0 saturated carbocycles. The molecule has 0 amide bonds. The first-order valence-electron chi connectivity index (χ1n) is 6.78. The smallest absolute Gasteiger partial charge is 0.185 e. The van der Waals surface area contributed by atoms with Crippen molar-refractivity contribution in [1.82, 2.24) is 0 Å². The Morgan fingerprint density at radius 1 is 1.00 bits per heavy atom. The van der Waals surface area contributed by atoms with E-state index in [0.717, 1.165) is 30.7 Å². The molecule has 0 unspecified atom stereocenters. The Bertz CT molecular complexity index is 568. The zero-order chi connectivity index (χ0) is 13.1. The van der Waals surface area contributed by atoms with Crippen molar-refractivity contribution in [2.24, 2.45) is 0 Å². The van der Waals surface area contributed by atoms with Crippen molar-refractivity contribution in [2.75, 3.05) is 18.0 Å². The summed E-state index contributed by atoms with van der Waals surface area (Å²) in [6, 6.07) is 11.8. The van der Waals surface area contributed by atoms with Gasteiger partial charge in [0.1, 0.15) is 5.76 Å². The number of piperidine rings is 1. The van der Waals surface area contributed by atoms with Gasteiger partial charge < -0.3 is 9.32 Å². The second-order valence-electron chi connectivity index (χ2n) is 4.88. The van der Waals surface area contributed by atoms with E-state index in [-0.39, 0.29) is 0 Å². The van der Waals surface area contributed by atoms with Gasteiger partial charge in [-0.15, -0.1) is 0 Å². The molecule has 19 heavy (non-hydrogen) atoms. The molecule has 1 fully saturated rings. The van der Waals surface area contributed by atoms with Crippen LogP contribution in [0.5, 0.6) is 0 Å². The Morgan fingerprint density at radius 2 is 1.79 bits per heavy atom. The van der Waals surface area contributed by atoms with Crippen LogP contribution in [0.2, 0.25) is 0 Å². The van der Waals surface area contributed by atoms with Gasteiger partial charge in [0.15, 0.2) is 12.0 Å². The molecule has 3 heteroatoms. The molecular weight excluding hydrogens is 238 g/mol. The minimum atomic E-state index is 0.378. The maximum absolute atomic E-state index is 10.7. The number of hydrogen-bond acceptors (Lipinski definition) is 3. The summed E-state index contributed by atoms with van der Waals surface area (Å²) >= 11 is 0. The molecule has 98 valence electrons. The molecule has 0 spiro atoms. The number of anilines is 1. The molecule has 1 aromatic carbocycles. The number of benzene rings is 1. The van der Waals surface area contributed by atoms with Gasteiger partial charge in [0.25, 0.3) is 0 Å². The van der Waals surface area contributed by atoms with Gasteiger partial charge in [-0.3, -0.25) is 4.79 Å². The quantitative estimate of drug-likeness (QED) is 0.783. The van der Waals surface area contributed by atoms with Crippen LogP contribution in [0.4, 0.5) is 5.69 Å². The van der Waals surface area contributed by atoms with Crippen molar-refractivity contribution in [3.05, 3.63) is 42.2 Å². The van der Waals surface area contributed by atoms with E-state index in [1.54, 1.807) is 6.07 Å². The lowest BCUT2D eigenvalue weighted by Gasteiger charge is -2.30. The summed E-state index contributed by atoms with van der Waals surface area (Å²) in [6.45, 7) is 2.19.